The third-order valence-electron chi connectivity index (χ3n) is 5.87. The van der Waals surface area contributed by atoms with Gasteiger partial charge in [-0.15, -0.1) is 0 Å². The number of benzene rings is 2. The number of aromatic nitrogens is 2. The summed E-state index contributed by atoms with van der Waals surface area (Å²) in [7, 11) is 0. The Balaban J connectivity index is 1.06. The highest BCUT2D eigenvalue weighted by atomic mass is 16.7. The molecule has 0 spiro atoms. The number of carbonyl (C=O) groups is 1. The minimum absolute atomic E-state index is 0.128. The van der Waals surface area contributed by atoms with Gasteiger partial charge in [-0.25, -0.2) is 9.97 Å². The zero-order chi connectivity index (χ0) is 23.3. The van der Waals surface area contributed by atoms with Gasteiger partial charge in [0.2, 0.25) is 6.79 Å². The van der Waals surface area contributed by atoms with Crippen molar-refractivity contribution in [3.8, 4) is 28.5 Å². The first-order valence-electron chi connectivity index (χ1n) is 11.5. The van der Waals surface area contributed by atoms with Crippen LogP contribution in [0.15, 0.2) is 48.7 Å². The first-order valence-corrected chi connectivity index (χ1v) is 11.5. The summed E-state index contributed by atoms with van der Waals surface area (Å²) in [5.74, 6) is 2.84. The number of nitrogens with zero attached hydrogens (tertiary/aromatic N) is 2. The molecule has 1 aromatic heterocycles. The Bertz CT molecular complexity index is 1180. The Kier molecular flexibility index (Phi) is 6.58. The minimum atomic E-state index is -0.240. The van der Waals surface area contributed by atoms with E-state index in [2.05, 4.69) is 21.4 Å². The first-order chi connectivity index (χ1) is 16.7. The Hall–Kier alpha value is -3.65. The molecule has 1 aliphatic heterocycles. The first kappa shape index (κ1) is 22.2. The number of esters is 1. The van der Waals surface area contributed by atoms with Crippen molar-refractivity contribution < 1.29 is 23.7 Å². The van der Waals surface area contributed by atoms with Crippen molar-refractivity contribution in [2.75, 3.05) is 19.9 Å². The van der Waals surface area contributed by atoms with E-state index < -0.39 is 0 Å². The topological polar surface area (TPSA) is 91.8 Å². The second-order valence-electron chi connectivity index (χ2n) is 8.30. The van der Waals surface area contributed by atoms with Gasteiger partial charge in [0.05, 0.1) is 18.8 Å². The van der Waals surface area contributed by atoms with Crippen molar-refractivity contribution in [3.63, 3.8) is 0 Å². The molecule has 1 atom stereocenters. The van der Waals surface area contributed by atoms with Gasteiger partial charge in [0.25, 0.3) is 0 Å². The number of aryl methyl sites for hydroxylation is 1. The van der Waals surface area contributed by atoms with E-state index in [0.717, 1.165) is 65.7 Å². The maximum absolute atomic E-state index is 11.2. The molecule has 8 heteroatoms. The van der Waals surface area contributed by atoms with Crippen molar-refractivity contribution >= 4 is 5.97 Å². The Morgan fingerprint density at radius 3 is 2.97 bits per heavy atom. The van der Waals surface area contributed by atoms with Crippen LogP contribution >= 0.6 is 0 Å². The summed E-state index contributed by atoms with van der Waals surface area (Å²) in [4.78, 5) is 20.3. The zero-order valence-electron chi connectivity index (χ0n) is 19.1. The second-order valence-corrected chi connectivity index (χ2v) is 8.30. The molecule has 1 aliphatic carbocycles. The molecule has 0 unspecified atom stereocenters. The van der Waals surface area contributed by atoms with Gasteiger partial charge in [-0.05, 0) is 73.3 Å². The van der Waals surface area contributed by atoms with E-state index in [1.54, 1.807) is 6.20 Å². The van der Waals surface area contributed by atoms with Crippen LogP contribution in [0.2, 0.25) is 0 Å². The Morgan fingerprint density at radius 2 is 2.06 bits per heavy atom. The van der Waals surface area contributed by atoms with E-state index in [-0.39, 0.29) is 18.9 Å². The van der Waals surface area contributed by atoms with Crippen LogP contribution in [-0.2, 0) is 22.5 Å². The van der Waals surface area contributed by atoms with Gasteiger partial charge in [-0.2, -0.15) is 0 Å². The van der Waals surface area contributed by atoms with Gasteiger partial charge < -0.3 is 24.3 Å². The number of rotatable bonds is 9. The molecule has 1 N–H and O–H groups in total. The van der Waals surface area contributed by atoms with E-state index in [1.807, 2.05) is 36.4 Å². The molecule has 176 valence electrons. The predicted molar refractivity (Wildman–Crippen MR) is 125 cm³/mol. The van der Waals surface area contributed by atoms with Crippen molar-refractivity contribution in [1.82, 2.24) is 15.3 Å². The maximum Gasteiger partial charge on any atom is 0.303 e. The molecule has 0 fully saturated rings. The molecule has 0 saturated heterocycles. The molecular weight excluding hydrogens is 434 g/mol. The molecule has 5 rings (SSSR count). The molecule has 0 amide bonds. The van der Waals surface area contributed by atoms with E-state index in [9.17, 15) is 4.79 Å². The molecule has 2 heterocycles. The normalized spacial score (nSPS) is 15.7. The van der Waals surface area contributed by atoms with Crippen molar-refractivity contribution in [3.05, 3.63) is 65.6 Å². The molecule has 0 radical (unpaired) electrons. The van der Waals surface area contributed by atoms with E-state index in [4.69, 9.17) is 18.9 Å². The van der Waals surface area contributed by atoms with Gasteiger partial charge in [0.1, 0.15) is 17.7 Å². The number of hydrogen-bond acceptors (Lipinski definition) is 8. The highest BCUT2D eigenvalue weighted by Gasteiger charge is 2.25. The summed E-state index contributed by atoms with van der Waals surface area (Å²) in [6.45, 7) is 3.68. The second kappa shape index (κ2) is 10.1. The summed E-state index contributed by atoms with van der Waals surface area (Å²) in [6, 6.07) is 13.7. The van der Waals surface area contributed by atoms with Crippen molar-refractivity contribution in [2.24, 2.45) is 0 Å². The van der Waals surface area contributed by atoms with Crippen LogP contribution in [0.25, 0.3) is 11.3 Å². The Labute approximate surface area is 198 Å². The van der Waals surface area contributed by atoms with Crippen LogP contribution in [0.3, 0.4) is 0 Å². The molecule has 3 aromatic rings. The van der Waals surface area contributed by atoms with Crippen LogP contribution in [0.4, 0.5) is 0 Å². The van der Waals surface area contributed by atoms with Crippen LogP contribution < -0.4 is 19.5 Å². The fraction of sp³-hybridized carbons (Fsp3) is 0.346. The lowest BCUT2D eigenvalue weighted by Gasteiger charge is -2.13. The minimum Gasteiger partial charge on any atom is -0.494 e. The summed E-state index contributed by atoms with van der Waals surface area (Å²) in [5.41, 5.74) is 4.10. The quantitative estimate of drug-likeness (QED) is 0.378. The van der Waals surface area contributed by atoms with Gasteiger partial charge in [-0.1, -0.05) is 6.07 Å². The standard InChI is InChI=1S/C26H27N3O5/c1-17(30)34-23-7-3-18-13-20(5-6-21(18)23)31-12-2-10-27-15-26-28-11-9-22(29-26)19-4-8-24-25(14-19)33-16-32-24/h4-6,8-9,11,13-14,23,27H,2-3,7,10,12,15-16H2,1H3/t23-/m0/s1. The Morgan fingerprint density at radius 1 is 1.15 bits per heavy atom. The largest absolute Gasteiger partial charge is 0.494 e. The van der Waals surface area contributed by atoms with Crippen molar-refractivity contribution in [2.45, 2.75) is 38.8 Å². The van der Waals surface area contributed by atoms with Crippen LogP contribution in [0, 0.1) is 0 Å². The summed E-state index contributed by atoms with van der Waals surface area (Å²) < 4.78 is 22.1. The number of carbonyl (C=O) groups excluding carboxylic acids is 1. The smallest absolute Gasteiger partial charge is 0.303 e. The average molecular weight is 462 g/mol. The lowest BCUT2D eigenvalue weighted by atomic mass is 10.1. The molecular formula is C26H27N3O5. The molecule has 2 aromatic carbocycles. The lowest BCUT2D eigenvalue weighted by molar-refractivity contribution is -0.146. The van der Waals surface area contributed by atoms with Crippen LogP contribution in [-0.4, -0.2) is 35.9 Å². The molecule has 2 aliphatic rings. The fourth-order valence-corrected chi connectivity index (χ4v) is 4.26. The summed E-state index contributed by atoms with van der Waals surface area (Å²) in [6.07, 6.45) is 4.23. The third-order valence-corrected chi connectivity index (χ3v) is 5.87. The van der Waals surface area contributed by atoms with Gasteiger partial charge in [-0.3, -0.25) is 4.79 Å². The highest BCUT2D eigenvalue weighted by Crippen LogP contribution is 2.36. The number of hydrogen-bond donors (Lipinski definition) is 1. The number of fused-ring (bicyclic) bond motifs is 2. The monoisotopic (exact) mass is 461 g/mol. The molecule has 34 heavy (non-hydrogen) atoms. The number of nitrogens with one attached hydrogen (secondary N) is 1. The van der Waals surface area contributed by atoms with Gasteiger partial charge in [0, 0.05) is 18.7 Å². The molecule has 8 nitrogen and oxygen atoms in total. The fourth-order valence-electron chi connectivity index (χ4n) is 4.26. The predicted octanol–water partition coefficient (Wildman–Crippen LogP) is 3.98. The van der Waals surface area contributed by atoms with Gasteiger partial charge >= 0.3 is 5.97 Å². The van der Waals surface area contributed by atoms with Crippen molar-refractivity contribution in [1.29, 1.82) is 0 Å². The zero-order valence-corrected chi connectivity index (χ0v) is 19.1. The summed E-state index contributed by atoms with van der Waals surface area (Å²) in [5, 5.41) is 3.38. The number of ether oxygens (including phenoxy) is 4. The molecule has 0 saturated carbocycles. The van der Waals surface area contributed by atoms with E-state index in [1.165, 1.54) is 12.5 Å². The SMILES string of the molecule is CC(=O)O[C@H]1CCc2cc(OCCCNCc3nccc(-c4ccc5c(c4)OCO5)n3)ccc21. The summed E-state index contributed by atoms with van der Waals surface area (Å²) >= 11 is 0. The average Bonchev–Trinajstić information content (AvgIpc) is 3.47. The van der Waals surface area contributed by atoms with Crippen LogP contribution in [0.5, 0.6) is 17.2 Å². The van der Waals surface area contributed by atoms with E-state index >= 15 is 0 Å². The maximum atomic E-state index is 11.2. The lowest BCUT2D eigenvalue weighted by Crippen LogP contribution is -2.18. The highest BCUT2D eigenvalue weighted by molar-refractivity contribution is 5.66. The molecule has 0 bridgehead atoms. The van der Waals surface area contributed by atoms with E-state index in [0.29, 0.717) is 13.2 Å². The van der Waals surface area contributed by atoms with Gasteiger partial charge in [0.15, 0.2) is 11.5 Å². The third kappa shape index (κ3) is 5.12. The van der Waals surface area contributed by atoms with Crippen LogP contribution in [0.1, 0.15) is 42.8 Å².